The summed E-state index contributed by atoms with van der Waals surface area (Å²) in [4.78, 5) is 14.6. The van der Waals surface area contributed by atoms with E-state index in [0.717, 1.165) is 0 Å². The van der Waals surface area contributed by atoms with Crippen molar-refractivity contribution in [2.45, 2.75) is 26.4 Å². The van der Waals surface area contributed by atoms with Crippen LogP contribution >= 0.6 is 0 Å². The van der Waals surface area contributed by atoms with E-state index in [-0.39, 0.29) is 5.96 Å². The summed E-state index contributed by atoms with van der Waals surface area (Å²) in [6.07, 6.45) is -0.905. The molecule has 0 aromatic carbocycles. The quantitative estimate of drug-likeness (QED) is 0.139. The lowest BCUT2D eigenvalue weighted by Crippen LogP contribution is -2.45. The summed E-state index contributed by atoms with van der Waals surface area (Å²) in [5, 5.41) is 7.62. The van der Waals surface area contributed by atoms with Crippen LogP contribution < -0.4 is 17.3 Å². The molecule has 0 spiro atoms. The number of amides is 1. The molecule has 0 aliphatic heterocycles. The first kappa shape index (κ1) is 13.2. The predicted octanol–water partition coefficient (Wildman–Crippen LogP) is -0.695. The van der Waals surface area contributed by atoms with Gasteiger partial charge in [0.15, 0.2) is 5.96 Å². The van der Waals surface area contributed by atoms with Crippen LogP contribution in [0.25, 0.3) is 0 Å². The third kappa shape index (κ3) is 5.47. The molecule has 8 heteroatoms. The number of hydrogen-bond acceptors (Lipinski definition) is 4. The summed E-state index contributed by atoms with van der Waals surface area (Å²) < 4.78 is 4.87. The maximum atomic E-state index is 11.3. The molecule has 0 fully saturated rings. The summed E-state index contributed by atoms with van der Waals surface area (Å²) in [7, 11) is 0. The van der Waals surface area contributed by atoms with Gasteiger partial charge in [0.1, 0.15) is 5.60 Å². The van der Waals surface area contributed by atoms with Gasteiger partial charge < -0.3 is 16.2 Å². The van der Waals surface area contributed by atoms with Gasteiger partial charge in [0.05, 0.1) is 0 Å². The van der Waals surface area contributed by atoms with E-state index in [0.29, 0.717) is 5.01 Å². The van der Waals surface area contributed by atoms with E-state index >= 15 is 0 Å². The fraction of sp³-hybridized carbons (Fsp3) is 0.571. The van der Waals surface area contributed by atoms with E-state index in [2.05, 4.69) is 4.99 Å². The van der Waals surface area contributed by atoms with Crippen molar-refractivity contribution in [1.82, 2.24) is 5.01 Å². The minimum absolute atomic E-state index is 0.362. The van der Waals surface area contributed by atoms with Crippen molar-refractivity contribution in [3.8, 4) is 0 Å². The average molecular weight is 216 g/mol. The van der Waals surface area contributed by atoms with Crippen LogP contribution in [0, 0.1) is 5.41 Å². The van der Waals surface area contributed by atoms with Crippen LogP contribution in [0.1, 0.15) is 20.8 Å². The topological polar surface area (TPSA) is 144 Å². The zero-order valence-electron chi connectivity index (χ0n) is 8.94. The highest BCUT2D eigenvalue weighted by atomic mass is 16.6. The fourth-order valence-corrected chi connectivity index (χ4v) is 0.574. The highest BCUT2D eigenvalue weighted by Crippen LogP contribution is 2.08. The molecule has 0 aliphatic rings. The Hall–Kier alpha value is -1.83. The van der Waals surface area contributed by atoms with Crippen molar-refractivity contribution in [2.75, 3.05) is 0 Å². The standard InChI is InChI=1S/C7H16N6O2/c1-7(2,3)15-6(14)13(11)5(10)12-4(8)9/h11H2,1-3H3,(H5,8,9,10,12). The molecular weight excluding hydrogens is 200 g/mol. The first-order valence-corrected chi connectivity index (χ1v) is 4.09. The van der Waals surface area contributed by atoms with Crippen molar-refractivity contribution in [3.05, 3.63) is 0 Å². The Bertz CT molecular complexity index is 288. The number of hydrazine groups is 1. The van der Waals surface area contributed by atoms with Gasteiger partial charge in [0.2, 0.25) is 5.96 Å². The minimum atomic E-state index is -0.905. The highest BCUT2D eigenvalue weighted by molar-refractivity contribution is 5.98. The van der Waals surface area contributed by atoms with Crippen LogP contribution in [0.2, 0.25) is 0 Å². The van der Waals surface area contributed by atoms with Gasteiger partial charge in [-0.1, -0.05) is 0 Å². The lowest BCUT2D eigenvalue weighted by atomic mass is 10.2. The fourth-order valence-electron chi connectivity index (χ4n) is 0.574. The van der Waals surface area contributed by atoms with Gasteiger partial charge in [-0.15, -0.1) is 0 Å². The summed E-state index contributed by atoms with van der Waals surface area (Å²) >= 11 is 0. The smallest absolute Gasteiger partial charge is 0.432 e. The highest BCUT2D eigenvalue weighted by Gasteiger charge is 2.22. The largest absolute Gasteiger partial charge is 0.442 e. The first-order chi connectivity index (χ1) is 6.63. The predicted molar refractivity (Wildman–Crippen MR) is 55.8 cm³/mol. The Balaban J connectivity index is 4.46. The van der Waals surface area contributed by atoms with Crippen LogP contribution in [0.15, 0.2) is 4.99 Å². The summed E-state index contributed by atoms with van der Waals surface area (Å²) in [6, 6.07) is 0. The lowest BCUT2D eigenvalue weighted by molar-refractivity contribution is 0.0366. The number of nitrogens with two attached hydrogens (primary N) is 3. The molecule has 0 saturated carbocycles. The average Bonchev–Trinajstić information content (AvgIpc) is 1.98. The minimum Gasteiger partial charge on any atom is -0.442 e. The number of hydrogen-bond donors (Lipinski definition) is 4. The number of rotatable bonds is 0. The molecule has 0 heterocycles. The SMILES string of the molecule is CC(C)(C)OC(=O)N(N)C(=N)N=C(N)N. The summed E-state index contributed by atoms with van der Waals surface area (Å²) in [5.74, 6) is 4.28. The van der Waals surface area contributed by atoms with E-state index in [1.54, 1.807) is 20.8 Å². The Morgan fingerprint density at radius 1 is 1.40 bits per heavy atom. The summed E-state index contributed by atoms with van der Waals surface area (Å²) in [5.41, 5.74) is 9.32. The Morgan fingerprint density at radius 3 is 2.20 bits per heavy atom. The van der Waals surface area contributed by atoms with E-state index < -0.39 is 17.7 Å². The van der Waals surface area contributed by atoms with Crippen LogP contribution in [-0.4, -0.2) is 28.6 Å². The Morgan fingerprint density at radius 2 is 1.87 bits per heavy atom. The number of carbonyl (C=O) groups excluding carboxylic acids is 1. The Kier molecular flexibility index (Phi) is 4.04. The normalized spacial score (nSPS) is 10.4. The second-order valence-electron chi connectivity index (χ2n) is 3.71. The number of guanidine groups is 2. The van der Waals surface area contributed by atoms with Crippen molar-refractivity contribution in [3.63, 3.8) is 0 Å². The van der Waals surface area contributed by atoms with Gasteiger partial charge in [-0.05, 0) is 20.8 Å². The molecule has 86 valence electrons. The number of nitrogens with one attached hydrogen (secondary N) is 1. The molecule has 0 saturated heterocycles. The third-order valence-electron chi connectivity index (χ3n) is 1.05. The molecule has 15 heavy (non-hydrogen) atoms. The second kappa shape index (κ2) is 4.60. The van der Waals surface area contributed by atoms with Crippen LogP contribution in [0.4, 0.5) is 4.79 Å². The van der Waals surface area contributed by atoms with E-state index in [1.165, 1.54) is 0 Å². The van der Waals surface area contributed by atoms with Gasteiger partial charge in [0.25, 0.3) is 0 Å². The van der Waals surface area contributed by atoms with E-state index in [4.69, 9.17) is 27.5 Å². The van der Waals surface area contributed by atoms with Crippen molar-refractivity contribution in [1.29, 1.82) is 5.41 Å². The molecule has 8 nitrogen and oxygen atoms in total. The first-order valence-electron chi connectivity index (χ1n) is 4.09. The van der Waals surface area contributed by atoms with Crippen LogP contribution in [0.5, 0.6) is 0 Å². The van der Waals surface area contributed by atoms with E-state index in [9.17, 15) is 4.79 Å². The van der Waals surface area contributed by atoms with Gasteiger partial charge >= 0.3 is 6.09 Å². The Labute approximate surface area is 87.5 Å². The van der Waals surface area contributed by atoms with Gasteiger partial charge in [-0.25, -0.2) is 10.6 Å². The zero-order chi connectivity index (χ0) is 12.2. The number of carbonyl (C=O) groups is 1. The molecule has 0 radical (unpaired) electrons. The van der Waals surface area contributed by atoms with Gasteiger partial charge in [0, 0.05) is 0 Å². The number of nitrogens with zero attached hydrogens (tertiary/aromatic N) is 2. The monoisotopic (exact) mass is 216 g/mol. The number of ether oxygens (including phenoxy) is 1. The molecule has 0 rings (SSSR count). The van der Waals surface area contributed by atoms with E-state index in [1.807, 2.05) is 0 Å². The molecule has 7 N–H and O–H groups in total. The maximum absolute atomic E-state index is 11.3. The second-order valence-corrected chi connectivity index (χ2v) is 3.71. The molecule has 0 unspecified atom stereocenters. The third-order valence-corrected chi connectivity index (χ3v) is 1.05. The molecule has 1 amide bonds. The van der Waals surface area contributed by atoms with Crippen molar-refractivity contribution < 1.29 is 9.53 Å². The van der Waals surface area contributed by atoms with Crippen LogP contribution in [0.3, 0.4) is 0 Å². The van der Waals surface area contributed by atoms with Crippen LogP contribution in [-0.2, 0) is 4.74 Å². The lowest BCUT2D eigenvalue weighted by Gasteiger charge is -2.22. The summed E-state index contributed by atoms with van der Waals surface area (Å²) in [6.45, 7) is 5.01. The molecule has 0 aromatic heterocycles. The number of aliphatic imine (C=N–C) groups is 1. The van der Waals surface area contributed by atoms with Gasteiger partial charge in [-0.2, -0.15) is 10.0 Å². The molecular formula is C7H16N6O2. The molecule has 0 aromatic rings. The van der Waals surface area contributed by atoms with Crippen molar-refractivity contribution >= 4 is 18.0 Å². The molecule has 0 bridgehead atoms. The molecule has 0 atom stereocenters. The maximum Gasteiger partial charge on any atom is 0.432 e. The molecule has 0 aliphatic carbocycles. The van der Waals surface area contributed by atoms with Crippen molar-refractivity contribution in [2.24, 2.45) is 22.3 Å². The van der Waals surface area contributed by atoms with Gasteiger partial charge in [-0.3, -0.25) is 5.41 Å². The zero-order valence-corrected chi connectivity index (χ0v) is 8.94.